The van der Waals surface area contributed by atoms with Gasteiger partial charge in [-0.1, -0.05) is 0 Å². The molecule has 1 atom stereocenters. The van der Waals surface area contributed by atoms with Crippen molar-refractivity contribution in [1.29, 1.82) is 0 Å². The number of halogens is 7. The van der Waals surface area contributed by atoms with E-state index in [1.807, 2.05) is 0 Å². The van der Waals surface area contributed by atoms with E-state index in [9.17, 15) is 39.7 Å². The minimum Gasteiger partial charge on any atom is -0.459 e. The number of hydrogen-bond donors (Lipinski definition) is 1. The van der Waals surface area contributed by atoms with Crippen LogP contribution in [0.25, 0.3) is 0 Å². The predicted molar refractivity (Wildman–Crippen MR) is 42.3 cm³/mol. The second-order valence-electron chi connectivity index (χ2n) is 2.85. The molecular weight excluding hydrogens is 301 g/mol. The monoisotopic (exact) mass is 306 g/mol. The molecule has 0 aromatic rings. The lowest BCUT2D eigenvalue weighted by atomic mass is 10.2. The van der Waals surface area contributed by atoms with Gasteiger partial charge in [0.25, 0.3) is 0 Å². The Morgan fingerprint density at radius 2 is 1.56 bits per heavy atom. The van der Waals surface area contributed by atoms with E-state index in [1.165, 1.54) is 0 Å². The van der Waals surface area contributed by atoms with Crippen LogP contribution in [-0.4, -0.2) is 38.7 Å². The van der Waals surface area contributed by atoms with Gasteiger partial charge in [0.15, 0.2) is 0 Å². The average molecular weight is 306 g/mol. The molecule has 0 amide bonds. The molecule has 12 heteroatoms. The summed E-state index contributed by atoms with van der Waals surface area (Å²) >= 11 is -4.22. The number of carbonyl (C=O) groups is 1. The van der Waals surface area contributed by atoms with Gasteiger partial charge in [-0.15, -0.1) is 0 Å². The summed E-state index contributed by atoms with van der Waals surface area (Å²) in [5.74, 6) is -7.93. The summed E-state index contributed by atoms with van der Waals surface area (Å²) in [5.41, 5.74) is 0. The van der Waals surface area contributed by atoms with E-state index in [-0.39, 0.29) is 0 Å². The van der Waals surface area contributed by atoms with Crippen molar-refractivity contribution in [2.75, 3.05) is 6.61 Å². The molecule has 0 rings (SSSR count). The molecule has 0 heterocycles. The Kier molecular flexibility index (Phi) is 5.11. The summed E-state index contributed by atoms with van der Waals surface area (Å²) in [4.78, 5) is 10.0. The first-order valence-electron chi connectivity index (χ1n) is 3.93. The van der Waals surface area contributed by atoms with Crippen molar-refractivity contribution in [3.8, 4) is 0 Å². The summed E-state index contributed by atoms with van der Waals surface area (Å²) in [7, 11) is 0. The van der Waals surface area contributed by atoms with Crippen LogP contribution in [0.15, 0.2) is 0 Å². The molecule has 0 aromatic carbocycles. The van der Waals surface area contributed by atoms with Crippen molar-refractivity contribution in [1.82, 2.24) is 0 Å². The van der Waals surface area contributed by atoms with Crippen molar-refractivity contribution in [3.05, 3.63) is 0 Å². The van der Waals surface area contributed by atoms with Crippen LogP contribution in [0.4, 0.5) is 30.7 Å². The first kappa shape index (κ1) is 17.1. The number of ether oxygens (including phenoxy) is 1. The van der Waals surface area contributed by atoms with E-state index in [1.54, 1.807) is 0 Å². The first-order chi connectivity index (χ1) is 7.82. The highest BCUT2D eigenvalue weighted by atomic mass is 32.2. The van der Waals surface area contributed by atoms with E-state index >= 15 is 0 Å². The molecule has 0 spiro atoms. The zero-order valence-corrected chi connectivity index (χ0v) is 8.96. The van der Waals surface area contributed by atoms with Gasteiger partial charge in [-0.05, 0) is 0 Å². The Hall–Kier alpha value is -0.910. The summed E-state index contributed by atoms with van der Waals surface area (Å²) in [6.45, 7) is -1.68. The first-order valence-corrected chi connectivity index (χ1v) is 5.03. The maximum Gasteiger partial charge on any atom is 0.490 e. The molecule has 18 heavy (non-hydrogen) atoms. The SMILES string of the molecule is O=C(OCCC(F)(F)C(F)(F)S(=O)O)C(F)(F)F. The van der Waals surface area contributed by atoms with Crippen LogP contribution in [0, 0.1) is 0 Å². The molecule has 1 unspecified atom stereocenters. The van der Waals surface area contributed by atoms with Gasteiger partial charge in [0.05, 0.1) is 13.0 Å². The standard InChI is InChI=1S/C6H5F7O4S/c7-4(8,6(12,13)18(15)16)1-2-17-3(14)5(9,10)11/h1-2H2,(H,15,16). The fourth-order valence-electron chi connectivity index (χ4n) is 0.627. The maximum atomic E-state index is 12.6. The summed E-state index contributed by atoms with van der Waals surface area (Å²) < 4.78 is 106. The Morgan fingerprint density at radius 3 is 1.89 bits per heavy atom. The van der Waals surface area contributed by atoms with Gasteiger partial charge in [0.2, 0.25) is 11.1 Å². The maximum absolute atomic E-state index is 12.6. The number of alkyl halides is 7. The smallest absolute Gasteiger partial charge is 0.459 e. The molecule has 4 nitrogen and oxygen atoms in total. The molecule has 0 bridgehead atoms. The highest BCUT2D eigenvalue weighted by Crippen LogP contribution is 2.39. The van der Waals surface area contributed by atoms with E-state index in [0.717, 1.165) is 0 Å². The Balaban J connectivity index is 4.47. The van der Waals surface area contributed by atoms with Crippen LogP contribution in [0.2, 0.25) is 0 Å². The van der Waals surface area contributed by atoms with Gasteiger partial charge >= 0.3 is 23.3 Å². The molecule has 0 aliphatic rings. The van der Waals surface area contributed by atoms with Gasteiger partial charge in [-0.2, -0.15) is 30.7 Å². The third kappa shape index (κ3) is 4.08. The number of rotatable bonds is 5. The second kappa shape index (κ2) is 5.38. The van der Waals surface area contributed by atoms with Crippen molar-refractivity contribution in [2.24, 2.45) is 0 Å². The van der Waals surface area contributed by atoms with Gasteiger partial charge in [0.1, 0.15) is 0 Å². The normalized spacial score (nSPS) is 15.3. The third-order valence-electron chi connectivity index (χ3n) is 1.53. The summed E-state index contributed by atoms with van der Waals surface area (Å²) in [6.07, 6.45) is -7.48. The number of hydrogen-bond acceptors (Lipinski definition) is 3. The topological polar surface area (TPSA) is 63.6 Å². The zero-order valence-electron chi connectivity index (χ0n) is 8.14. The van der Waals surface area contributed by atoms with Gasteiger partial charge in [-0.25, -0.2) is 9.00 Å². The lowest BCUT2D eigenvalue weighted by Gasteiger charge is -2.23. The molecule has 0 aromatic heterocycles. The Morgan fingerprint density at radius 1 is 1.11 bits per heavy atom. The minimum absolute atomic E-state index is 1.68. The van der Waals surface area contributed by atoms with Gasteiger partial charge in [-0.3, -0.25) is 0 Å². The third-order valence-corrected chi connectivity index (χ3v) is 2.26. The van der Waals surface area contributed by atoms with Gasteiger partial charge < -0.3 is 9.29 Å². The molecule has 108 valence electrons. The van der Waals surface area contributed by atoms with E-state index in [2.05, 4.69) is 4.74 Å². The lowest BCUT2D eigenvalue weighted by molar-refractivity contribution is -0.205. The van der Waals surface area contributed by atoms with Crippen LogP contribution in [0.5, 0.6) is 0 Å². The summed E-state index contributed by atoms with van der Waals surface area (Å²) in [5, 5.41) is -5.36. The highest BCUT2D eigenvalue weighted by molar-refractivity contribution is 7.80. The molecule has 1 N–H and O–H groups in total. The minimum atomic E-state index is -5.45. The number of esters is 1. The molecule has 0 aliphatic carbocycles. The van der Waals surface area contributed by atoms with Crippen molar-refractivity contribution >= 4 is 17.0 Å². The van der Waals surface area contributed by atoms with E-state index in [0.29, 0.717) is 0 Å². The summed E-state index contributed by atoms with van der Waals surface area (Å²) in [6, 6.07) is 0. The fourth-order valence-corrected chi connectivity index (χ4v) is 0.985. The zero-order chi connectivity index (χ0) is 14.8. The quantitative estimate of drug-likeness (QED) is 0.479. The van der Waals surface area contributed by atoms with Crippen molar-refractivity contribution in [2.45, 2.75) is 23.8 Å². The molecular formula is C6H5F7O4S. The fraction of sp³-hybridized carbons (Fsp3) is 0.833. The molecule has 0 saturated heterocycles. The van der Waals surface area contributed by atoms with Crippen molar-refractivity contribution in [3.63, 3.8) is 0 Å². The van der Waals surface area contributed by atoms with Crippen LogP contribution < -0.4 is 0 Å². The molecule has 0 fully saturated rings. The van der Waals surface area contributed by atoms with Crippen LogP contribution in [0.1, 0.15) is 6.42 Å². The van der Waals surface area contributed by atoms with Crippen molar-refractivity contribution < 1.29 is 49.0 Å². The van der Waals surface area contributed by atoms with Crippen LogP contribution in [-0.2, 0) is 20.6 Å². The molecule has 0 aliphatic heterocycles. The number of carbonyl (C=O) groups excluding carboxylic acids is 1. The van der Waals surface area contributed by atoms with Gasteiger partial charge in [0, 0.05) is 0 Å². The average Bonchev–Trinajstić information content (AvgIpc) is 2.15. The lowest BCUT2D eigenvalue weighted by Crippen LogP contribution is -2.44. The Labute approximate surface area is 97.4 Å². The Bertz CT molecular complexity index is 339. The molecule has 0 radical (unpaired) electrons. The van der Waals surface area contributed by atoms with E-state index < -0.39 is 47.4 Å². The largest absolute Gasteiger partial charge is 0.490 e. The van der Waals surface area contributed by atoms with Crippen LogP contribution in [0.3, 0.4) is 0 Å². The predicted octanol–water partition coefficient (Wildman–Crippen LogP) is 1.93. The second-order valence-corrected chi connectivity index (χ2v) is 3.87. The molecule has 0 saturated carbocycles. The van der Waals surface area contributed by atoms with Crippen LogP contribution >= 0.6 is 0 Å². The van der Waals surface area contributed by atoms with E-state index in [4.69, 9.17) is 4.55 Å². The highest BCUT2D eigenvalue weighted by Gasteiger charge is 2.61.